The first-order chi connectivity index (χ1) is 7.81. The fourth-order valence-corrected chi connectivity index (χ4v) is 1.96. The second-order valence-electron chi connectivity index (χ2n) is 4.00. The molecule has 0 aromatic rings. The van der Waals surface area contributed by atoms with Crippen LogP contribution in [0.4, 0.5) is 0 Å². The minimum Gasteiger partial charge on any atom is -0.356 e. The van der Waals surface area contributed by atoms with Crippen molar-refractivity contribution in [1.29, 1.82) is 0 Å². The van der Waals surface area contributed by atoms with Gasteiger partial charge in [-0.1, -0.05) is 12.8 Å². The van der Waals surface area contributed by atoms with Crippen molar-refractivity contribution >= 4 is 17.7 Å². The maximum absolute atomic E-state index is 11.4. The van der Waals surface area contributed by atoms with Gasteiger partial charge in [-0.15, -0.1) is 0 Å². The number of nitrogens with two attached hydrogens (primary N) is 1. The summed E-state index contributed by atoms with van der Waals surface area (Å²) >= 11 is 1.86. The molecule has 16 heavy (non-hydrogen) atoms. The van der Waals surface area contributed by atoms with E-state index in [1.807, 2.05) is 11.8 Å². The second-order valence-corrected chi connectivity index (χ2v) is 4.99. The number of rotatable bonds is 11. The van der Waals surface area contributed by atoms with Crippen LogP contribution in [0.2, 0.25) is 0 Å². The minimum absolute atomic E-state index is 0.205. The number of hydrogen-bond donors (Lipinski definition) is 2. The fourth-order valence-electron chi connectivity index (χ4n) is 1.47. The van der Waals surface area contributed by atoms with Gasteiger partial charge < -0.3 is 11.1 Å². The van der Waals surface area contributed by atoms with Crippen LogP contribution < -0.4 is 11.1 Å². The second kappa shape index (κ2) is 12.8. The molecule has 0 saturated heterocycles. The highest BCUT2D eigenvalue weighted by Gasteiger charge is 1.99. The molecule has 0 aliphatic heterocycles. The SMILES string of the molecule is CSCCCCNC(=O)CCCCCCN. The van der Waals surface area contributed by atoms with Gasteiger partial charge in [-0.05, 0) is 44.2 Å². The van der Waals surface area contributed by atoms with E-state index in [0.717, 1.165) is 45.2 Å². The van der Waals surface area contributed by atoms with Crippen molar-refractivity contribution in [2.75, 3.05) is 25.1 Å². The Labute approximate surface area is 104 Å². The lowest BCUT2D eigenvalue weighted by atomic mass is 10.1. The number of amides is 1. The highest BCUT2D eigenvalue weighted by molar-refractivity contribution is 7.98. The van der Waals surface area contributed by atoms with Crippen molar-refractivity contribution in [3.05, 3.63) is 0 Å². The molecule has 4 heteroatoms. The molecule has 0 aromatic carbocycles. The summed E-state index contributed by atoms with van der Waals surface area (Å²) in [5.74, 6) is 1.39. The number of nitrogens with one attached hydrogen (secondary N) is 1. The monoisotopic (exact) mass is 246 g/mol. The fraction of sp³-hybridized carbons (Fsp3) is 0.917. The summed E-state index contributed by atoms with van der Waals surface area (Å²) in [4.78, 5) is 11.4. The smallest absolute Gasteiger partial charge is 0.219 e. The molecule has 96 valence electrons. The van der Waals surface area contributed by atoms with E-state index in [9.17, 15) is 4.79 Å². The molecule has 0 rings (SSSR count). The Bertz CT molecular complexity index is 149. The molecule has 0 bridgehead atoms. The molecule has 0 heterocycles. The summed E-state index contributed by atoms with van der Waals surface area (Å²) in [6.45, 7) is 1.60. The topological polar surface area (TPSA) is 55.1 Å². The van der Waals surface area contributed by atoms with Crippen molar-refractivity contribution in [2.24, 2.45) is 5.73 Å². The van der Waals surface area contributed by atoms with Crippen molar-refractivity contribution in [3.63, 3.8) is 0 Å². The van der Waals surface area contributed by atoms with Gasteiger partial charge >= 0.3 is 0 Å². The van der Waals surface area contributed by atoms with E-state index in [0.29, 0.717) is 6.42 Å². The maximum Gasteiger partial charge on any atom is 0.219 e. The molecular formula is C12H26N2OS. The zero-order valence-electron chi connectivity index (χ0n) is 10.5. The summed E-state index contributed by atoms with van der Waals surface area (Å²) in [6, 6.07) is 0. The number of carbonyl (C=O) groups excluding carboxylic acids is 1. The van der Waals surface area contributed by atoms with Gasteiger partial charge in [0.2, 0.25) is 5.91 Å². The van der Waals surface area contributed by atoms with Crippen molar-refractivity contribution < 1.29 is 4.79 Å². The number of unbranched alkanes of at least 4 members (excludes halogenated alkanes) is 4. The standard InChI is InChI=1S/C12H26N2OS/c1-16-11-7-6-10-14-12(15)8-4-2-3-5-9-13/h2-11,13H2,1H3,(H,14,15). The summed E-state index contributed by atoms with van der Waals surface area (Å²) < 4.78 is 0. The van der Waals surface area contributed by atoms with Crippen LogP contribution >= 0.6 is 11.8 Å². The molecule has 3 nitrogen and oxygen atoms in total. The van der Waals surface area contributed by atoms with Gasteiger partial charge in [0.05, 0.1) is 0 Å². The molecule has 0 aliphatic rings. The summed E-state index contributed by atoms with van der Waals surface area (Å²) in [5.41, 5.74) is 5.40. The van der Waals surface area contributed by atoms with Crippen LogP contribution in [0.1, 0.15) is 44.9 Å². The lowest BCUT2D eigenvalue weighted by Crippen LogP contribution is -2.24. The predicted octanol–water partition coefficient (Wildman–Crippen LogP) is 2.16. The van der Waals surface area contributed by atoms with Crippen molar-refractivity contribution in [2.45, 2.75) is 44.9 Å². The van der Waals surface area contributed by atoms with Gasteiger partial charge in [0.15, 0.2) is 0 Å². The van der Waals surface area contributed by atoms with Gasteiger partial charge in [0, 0.05) is 13.0 Å². The number of thioether (sulfide) groups is 1. The molecule has 0 spiro atoms. The normalized spacial score (nSPS) is 10.4. The molecule has 0 saturated carbocycles. The third-order valence-electron chi connectivity index (χ3n) is 2.46. The van der Waals surface area contributed by atoms with E-state index in [1.54, 1.807) is 0 Å². The van der Waals surface area contributed by atoms with E-state index in [4.69, 9.17) is 5.73 Å². The Morgan fingerprint density at radius 2 is 1.88 bits per heavy atom. The zero-order chi connectivity index (χ0) is 12.1. The Balaban J connectivity index is 3.12. The number of hydrogen-bond acceptors (Lipinski definition) is 3. The van der Waals surface area contributed by atoms with E-state index >= 15 is 0 Å². The largest absolute Gasteiger partial charge is 0.356 e. The quantitative estimate of drug-likeness (QED) is 0.549. The van der Waals surface area contributed by atoms with Gasteiger partial charge in [0.1, 0.15) is 0 Å². The molecule has 3 N–H and O–H groups in total. The van der Waals surface area contributed by atoms with E-state index in [-0.39, 0.29) is 5.91 Å². The molecule has 0 radical (unpaired) electrons. The molecule has 1 amide bonds. The molecule has 0 fully saturated rings. The van der Waals surface area contributed by atoms with E-state index in [1.165, 1.54) is 12.2 Å². The molecular weight excluding hydrogens is 220 g/mol. The maximum atomic E-state index is 11.4. The van der Waals surface area contributed by atoms with Crippen LogP contribution in [0.3, 0.4) is 0 Å². The Kier molecular flexibility index (Phi) is 12.7. The van der Waals surface area contributed by atoms with Gasteiger partial charge in [-0.3, -0.25) is 4.79 Å². The van der Waals surface area contributed by atoms with Crippen molar-refractivity contribution in [3.8, 4) is 0 Å². The van der Waals surface area contributed by atoms with Crippen LogP contribution in [0.15, 0.2) is 0 Å². The highest BCUT2D eigenvalue weighted by Crippen LogP contribution is 2.02. The van der Waals surface area contributed by atoms with Gasteiger partial charge in [-0.2, -0.15) is 11.8 Å². The Morgan fingerprint density at radius 3 is 2.56 bits per heavy atom. The van der Waals surface area contributed by atoms with Crippen LogP contribution in [0.25, 0.3) is 0 Å². The highest BCUT2D eigenvalue weighted by atomic mass is 32.2. The summed E-state index contributed by atoms with van der Waals surface area (Å²) in [6.07, 6.45) is 9.42. The third-order valence-corrected chi connectivity index (χ3v) is 3.15. The van der Waals surface area contributed by atoms with Gasteiger partial charge in [0.25, 0.3) is 0 Å². The first-order valence-electron chi connectivity index (χ1n) is 6.27. The molecule has 0 atom stereocenters. The predicted molar refractivity (Wildman–Crippen MR) is 72.8 cm³/mol. The molecule has 0 aliphatic carbocycles. The average molecular weight is 246 g/mol. The van der Waals surface area contributed by atoms with Crippen molar-refractivity contribution in [1.82, 2.24) is 5.32 Å². The van der Waals surface area contributed by atoms with Crippen LogP contribution in [0.5, 0.6) is 0 Å². The first kappa shape index (κ1) is 15.8. The minimum atomic E-state index is 0.205. The van der Waals surface area contributed by atoms with E-state index in [2.05, 4.69) is 11.6 Å². The lowest BCUT2D eigenvalue weighted by molar-refractivity contribution is -0.121. The zero-order valence-corrected chi connectivity index (χ0v) is 11.3. The summed E-state index contributed by atoms with van der Waals surface area (Å²) in [7, 11) is 0. The van der Waals surface area contributed by atoms with Crippen LogP contribution in [-0.4, -0.2) is 31.0 Å². The third kappa shape index (κ3) is 11.9. The lowest BCUT2D eigenvalue weighted by Gasteiger charge is -2.04. The Hall–Kier alpha value is -0.220. The molecule has 0 aromatic heterocycles. The summed E-state index contributed by atoms with van der Waals surface area (Å²) in [5, 5.41) is 2.96. The number of carbonyl (C=O) groups is 1. The van der Waals surface area contributed by atoms with Gasteiger partial charge in [-0.25, -0.2) is 0 Å². The molecule has 0 unspecified atom stereocenters. The average Bonchev–Trinajstić information content (AvgIpc) is 2.28. The van der Waals surface area contributed by atoms with Crippen LogP contribution in [-0.2, 0) is 4.79 Å². The first-order valence-corrected chi connectivity index (χ1v) is 7.66. The Morgan fingerprint density at radius 1 is 1.12 bits per heavy atom. The van der Waals surface area contributed by atoms with Crippen LogP contribution in [0, 0.1) is 0 Å². The van der Waals surface area contributed by atoms with E-state index < -0.39 is 0 Å².